The lowest BCUT2D eigenvalue weighted by atomic mass is 10.1. The minimum atomic E-state index is 0.786. The van der Waals surface area contributed by atoms with Crippen LogP contribution in [0.5, 0.6) is 0 Å². The van der Waals surface area contributed by atoms with E-state index in [2.05, 4.69) is 10.6 Å². The third kappa shape index (κ3) is 2.46. The van der Waals surface area contributed by atoms with E-state index in [9.17, 15) is 0 Å². The highest BCUT2D eigenvalue weighted by atomic mass is 15.1. The van der Waals surface area contributed by atoms with E-state index in [1.54, 1.807) is 0 Å². The van der Waals surface area contributed by atoms with Crippen LogP contribution in [0.1, 0.15) is 25.7 Å². The zero-order valence-electron chi connectivity index (χ0n) is 7.10. The van der Waals surface area contributed by atoms with Gasteiger partial charge in [-0.25, -0.2) is 0 Å². The summed E-state index contributed by atoms with van der Waals surface area (Å²) in [5.41, 5.74) is 0. The summed E-state index contributed by atoms with van der Waals surface area (Å²) in [5, 5.41) is 6.80. The van der Waals surface area contributed by atoms with Crippen molar-refractivity contribution in [2.45, 2.75) is 31.7 Å². The fourth-order valence-electron chi connectivity index (χ4n) is 1.54. The van der Waals surface area contributed by atoms with Gasteiger partial charge in [0.1, 0.15) is 0 Å². The van der Waals surface area contributed by atoms with Crippen molar-refractivity contribution < 1.29 is 0 Å². The molecule has 0 bridgehead atoms. The molecule has 2 aliphatic rings. The lowest BCUT2D eigenvalue weighted by Gasteiger charge is -2.28. The first-order valence-electron chi connectivity index (χ1n) is 4.89. The third-order valence-corrected chi connectivity index (χ3v) is 2.70. The van der Waals surface area contributed by atoms with Crippen molar-refractivity contribution in [2.75, 3.05) is 19.6 Å². The molecule has 2 fully saturated rings. The van der Waals surface area contributed by atoms with Crippen LogP contribution in [0.25, 0.3) is 0 Å². The van der Waals surface area contributed by atoms with E-state index < -0.39 is 0 Å². The van der Waals surface area contributed by atoms with E-state index >= 15 is 0 Å². The Balaban J connectivity index is 1.40. The largest absolute Gasteiger partial charge is 0.314 e. The molecule has 0 radical (unpaired) electrons. The molecule has 2 heteroatoms. The molecule has 64 valence electrons. The molecule has 0 aromatic rings. The molecule has 1 heterocycles. The Morgan fingerprint density at radius 2 is 2.09 bits per heavy atom. The predicted molar refractivity (Wildman–Crippen MR) is 46.6 cm³/mol. The zero-order valence-corrected chi connectivity index (χ0v) is 7.10. The highest BCUT2D eigenvalue weighted by Crippen LogP contribution is 2.33. The Hall–Kier alpha value is -0.0800. The van der Waals surface area contributed by atoms with Crippen LogP contribution < -0.4 is 10.6 Å². The molecule has 2 nitrogen and oxygen atoms in total. The number of rotatable bonds is 5. The highest BCUT2D eigenvalue weighted by molar-refractivity contribution is 4.81. The summed E-state index contributed by atoms with van der Waals surface area (Å²) in [4.78, 5) is 0. The molecule has 0 aromatic heterocycles. The lowest BCUT2D eigenvalue weighted by Crippen LogP contribution is -2.55. The van der Waals surface area contributed by atoms with Crippen molar-refractivity contribution in [3.63, 3.8) is 0 Å². The van der Waals surface area contributed by atoms with Gasteiger partial charge >= 0.3 is 0 Å². The maximum atomic E-state index is 3.54. The molecule has 0 aromatic carbocycles. The molecule has 0 amide bonds. The van der Waals surface area contributed by atoms with Crippen LogP contribution >= 0.6 is 0 Å². The van der Waals surface area contributed by atoms with Crippen molar-refractivity contribution in [1.82, 2.24) is 10.6 Å². The van der Waals surface area contributed by atoms with Crippen molar-refractivity contribution in [2.24, 2.45) is 5.92 Å². The van der Waals surface area contributed by atoms with Gasteiger partial charge in [-0.1, -0.05) is 12.8 Å². The summed E-state index contributed by atoms with van der Waals surface area (Å²) >= 11 is 0. The van der Waals surface area contributed by atoms with Crippen LogP contribution in [0, 0.1) is 5.92 Å². The number of hydrogen-bond donors (Lipinski definition) is 2. The van der Waals surface area contributed by atoms with Gasteiger partial charge in [-0.2, -0.15) is 0 Å². The number of hydrogen-bond acceptors (Lipinski definition) is 2. The van der Waals surface area contributed by atoms with Gasteiger partial charge in [-0.3, -0.25) is 0 Å². The molecule has 1 saturated heterocycles. The second-order valence-corrected chi connectivity index (χ2v) is 3.89. The molecule has 0 spiro atoms. The highest BCUT2D eigenvalue weighted by Gasteiger charge is 2.20. The van der Waals surface area contributed by atoms with Gasteiger partial charge in [0.25, 0.3) is 0 Å². The topological polar surface area (TPSA) is 24.1 Å². The maximum absolute atomic E-state index is 3.54. The number of nitrogens with one attached hydrogen (secondary N) is 2. The molecule has 1 aliphatic carbocycles. The normalized spacial score (nSPS) is 25.1. The van der Waals surface area contributed by atoms with Crippen LogP contribution in [0.4, 0.5) is 0 Å². The second kappa shape index (κ2) is 3.55. The van der Waals surface area contributed by atoms with Gasteiger partial charge in [-0.15, -0.1) is 0 Å². The van der Waals surface area contributed by atoms with Crippen LogP contribution in [0.3, 0.4) is 0 Å². The minimum Gasteiger partial charge on any atom is -0.314 e. The first kappa shape index (κ1) is 7.56. The first-order valence-corrected chi connectivity index (χ1v) is 4.89. The van der Waals surface area contributed by atoms with Crippen LogP contribution in [0.15, 0.2) is 0 Å². The molecule has 2 rings (SSSR count). The molecule has 1 aliphatic heterocycles. The van der Waals surface area contributed by atoms with E-state index in [1.165, 1.54) is 45.3 Å². The molecule has 2 N–H and O–H groups in total. The van der Waals surface area contributed by atoms with Crippen LogP contribution in [-0.4, -0.2) is 25.7 Å². The van der Waals surface area contributed by atoms with Crippen molar-refractivity contribution >= 4 is 0 Å². The van der Waals surface area contributed by atoms with Crippen LogP contribution in [-0.2, 0) is 0 Å². The molecule has 0 atom stereocenters. The van der Waals surface area contributed by atoms with Crippen molar-refractivity contribution in [1.29, 1.82) is 0 Å². The fraction of sp³-hybridized carbons (Fsp3) is 1.00. The van der Waals surface area contributed by atoms with E-state index in [-0.39, 0.29) is 0 Å². The smallest absolute Gasteiger partial charge is 0.0317 e. The first-order chi connectivity index (χ1) is 5.45. The van der Waals surface area contributed by atoms with Crippen molar-refractivity contribution in [3.8, 4) is 0 Å². The van der Waals surface area contributed by atoms with Gasteiger partial charge in [0, 0.05) is 19.1 Å². The maximum Gasteiger partial charge on any atom is 0.0317 e. The summed E-state index contributed by atoms with van der Waals surface area (Å²) in [6.07, 6.45) is 5.87. The van der Waals surface area contributed by atoms with Gasteiger partial charge in [0.2, 0.25) is 0 Å². The van der Waals surface area contributed by atoms with Gasteiger partial charge < -0.3 is 10.6 Å². The van der Waals surface area contributed by atoms with Gasteiger partial charge in [0.05, 0.1) is 0 Å². The lowest BCUT2D eigenvalue weighted by molar-refractivity contribution is 0.362. The second-order valence-electron chi connectivity index (χ2n) is 3.89. The third-order valence-electron chi connectivity index (χ3n) is 2.70. The average molecular weight is 154 g/mol. The summed E-state index contributed by atoms with van der Waals surface area (Å²) in [5.74, 6) is 1.11. The van der Waals surface area contributed by atoms with E-state index in [4.69, 9.17) is 0 Å². The Labute approximate surface area is 68.7 Å². The minimum absolute atomic E-state index is 0.786. The summed E-state index contributed by atoms with van der Waals surface area (Å²) in [6.45, 7) is 3.61. The molecular formula is C9H18N2. The van der Waals surface area contributed by atoms with Gasteiger partial charge in [-0.05, 0) is 25.3 Å². The van der Waals surface area contributed by atoms with E-state index in [1.807, 2.05) is 0 Å². The molecule has 1 saturated carbocycles. The van der Waals surface area contributed by atoms with E-state index in [0.717, 1.165) is 12.0 Å². The predicted octanol–water partition coefficient (Wildman–Crippen LogP) is 0.738. The van der Waals surface area contributed by atoms with E-state index in [0.29, 0.717) is 0 Å². The molecule has 0 unspecified atom stereocenters. The Bertz CT molecular complexity index is 117. The summed E-state index contributed by atoms with van der Waals surface area (Å²) < 4.78 is 0. The van der Waals surface area contributed by atoms with Crippen LogP contribution in [0.2, 0.25) is 0 Å². The monoisotopic (exact) mass is 154 g/mol. The quantitative estimate of drug-likeness (QED) is 0.571. The standard InChI is InChI=1S/C9H18N2/c1(2-8-3-4-8)5-11-9-6-10-7-9/h8-11H,1-7H2. The SMILES string of the molecule is C(CNC1CNC1)CC1CC1. The van der Waals surface area contributed by atoms with Gasteiger partial charge in [0.15, 0.2) is 0 Å². The Morgan fingerprint density at radius 1 is 1.27 bits per heavy atom. The van der Waals surface area contributed by atoms with Crippen molar-refractivity contribution in [3.05, 3.63) is 0 Å². The zero-order chi connectivity index (χ0) is 7.52. The summed E-state index contributed by atoms with van der Waals surface area (Å²) in [6, 6.07) is 0.786. The molecule has 11 heavy (non-hydrogen) atoms. The Morgan fingerprint density at radius 3 is 2.64 bits per heavy atom. The summed E-state index contributed by atoms with van der Waals surface area (Å²) in [7, 11) is 0. The Kier molecular flexibility index (Phi) is 2.44. The molecular weight excluding hydrogens is 136 g/mol. The fourth-order valence-corrected chi connectivity index (χ4v) is 1.54. The average Bonchev–Trinajstić information content (AvgIpc) is 2.66.